The molecule has 9 heteroatoms. The average molecular weight is 369 g/mol. The Bertz CT molecular complexity index is 798. The molecule has 1 aliphatic heterocycles. The molecule has 1 aliphatic rings. The third-order valence-corrected chi connectivity index (χ3v) is 3.78. The lowest BCUT2D eigenvalue weighted by Crippen LogP contribution is -2.33. The number of halogens is 3. The minimum absolute atomic E-state index is 0.0607. The third-order valence-electron chi connectivity index (χ3n) is 3.78. The molecule has 1 aromatic carbocycles. The number of aliphatic imine (C=N–C) groups is 1. The van der Waals surface area contributed by atoms with Gasteiger partial charge in [0.15, 0.2) is 5.70 Å². The Morgan fingerprint density at radius 3 is 2.54 bits per heavy atom. The Kier molecular flexibility index (Phi) is 5.59. The Balaban J connectivity index is 2.84. The fourth-order valence-corrected chi connectivity index (χ4v) is 2.73. The molecule has 0 spiro atoms. The fourth-order valence-electron chi connectivity index (χ4n) is 2.73. The monoisotopic (exact) mass is 369 g/mol. The molecule has 0 fully saturated rings. The summed E-state index contributed by atoms with van der Waals surface area (Å²) in [4.78, 5) is 15.8. The Morgan fingerprint density at radius 2 is 2.00 bits per heavy atom. The van der Waals surface area contributed by atoms with Crippen LogP contribution >= 0.6 is 0 Å². The lowest BCUT2D eigenvalue weighted by atomic mass is 9.81. The second kappa shape index (κ2) is 7.51. The van der Waals surface area contributed by atoms with E-state index < -0.39 is 35.2 Å². The van der Waals surface area contributed by atoms with Gasteiger partial charge in [-0.1, -0.05) is 18.2 Å². The molecule has 0 aromatic heterocycles. The molecule has 0 radical (unpaired) electrons. The Morgan fingerprint density at radius 1 is 1.35 bits per heavy atom. The number of esters is 1. The Labute approximate surface area is 148 Å². The number of nitrogens with zero attached hydrogens (tertiary/aromatic N) is 1. The molecule has 2 rings (SSSR count). The van der Waals surface area contributed by atoms with Gasteiger partial charge in [0.05, 0.1) is 25.2 Å². The van der Waals surface area contributed by atoms with Gasteiger partial charge in [0.1, 0.15) is 11.6 Å². The normalized spacial score (nSPS) is 19.3. The van der Waals surface area contributed by atoms with Crippen molar-refractivity contribution in [3.8, 4) is 5.75 Å². The van der Waals surface area contributed by atoms with Gasteiger partial charge in [-0.25, -0.2) is 9.79 Å². The number of methoxy groups -OCH3 is 1. The summed E-state index contributed by atoms with van der Waals surface area (Å²) < 4.78 is 50.7. The quantitative estimate of drug-likeness (QED) is 0.794. The minimum atomic E-state index is -4.91. The molecular weight excluding hydrogens is 351 g/mol. The van der Waals surface area contributed by atoms with Crippen molar-refractivity contribution < 1.29 is 27.4 Å². The average Bonchev–Trinajstić information content (AvgIpc) is 2.60. The van der Waals surface area contributed by atoms with Gasteiger partial charge < -0.3 is 20.9 Å². The maximum atomic E-state index is 13.6. The van der Waals surface area contributed by atoms with Crippen molar-refractivity contribution in [2.75, 3.05) is 13.7 Å². The third kappa shape index (κ3) is 3.51. The summed E-state index contributed by atoms with van der Waals surface area (Å²) in [5.41, 5.74) is 9.55. The number of benzene rings is 1. The van der Waals surface area contributed by atoms with Crippen molar-refractivity contribution in [2.45, 2.75) is 19.0 Å². The summed E-state index contributed by atoms with van der Waals surface area (Å²) >= 11 is 0. The van der Waals surface area contributed by atoms with Crippen molar-refractivity contribution in [3.05, 3.63) is 52.9 Å². The molecule has 140 valence electrons. The van der Waals surface area contributed by atoms with Crippen molar-refractivity contribution in [3.63, 3.8) is 0 Å². The van der Waals surface area contributed by atoms with E-state index in [0.29, 0.717) is 0 Å². The van der Waals surface area contributed by atoms with Gasteiger partial charge in [0.2, 0.25) is 0 Å². The zero-order chi connectivity index (χ0) is 19.5. The number of amidine groups is 1. The van der Waals surface area contributed by atoms with E-state index >= 15 is 0 Å². The molecule has 0 saturated heterocycles. The first-order valence-corrected chi connectivity index (χ1v) is 7.63. The molecular formula is C17H18F3N3O3. The van der Waals surface area contributed by atoms with Crippen molar-refractivity contribution in [2.24, 2.45) is 16.5 Å². The van der Waals surface area contributed by atoms with E-state index in [1.807, 2.05) is 0 Å². The molecule has 1 unspecified atom stereocenters. The minimum Gasteiger partial charge on any atom is -0.496 e. The van der Waals surface area contributed by atoms with Gasteiger partial charge in [-0.05, 0) is 13.0 Å². The smallest absolute Gasteiger partial charge is 0.434 e. The molecule has 0 saturated carbocycles. The molecule has 0 bridgehead atoms. The lowest BCUT2D eigenvalue weighted by Gasteiger charge is -2.29. The summed E-state index contributed by atoms with van der Waals surface area (Å²) in [7, 11) is 1.36. The van der Waals surface area contributed by atoms with Crippen LogP contribution in [0.3, 0.4) is 0 Å². The molecule has 0 aliphatic carbocycles. The molecule has 0 amide bonds. The number of nitrogens with two attached hydrogens (primary N) is 2. The molecule has 1 aromatic rings. The molecule has 6 nitrogen and oxygen atoms in total. The van der Waals surface area contributed by atoms with E-state index in [9.17, 15) is 18.0 Å². The van der Waals surface area contributed by atoms with Crippen LogP contribution in [0.25, 0.3) is 0 Å². The second-order valence-electron chi connectivity index (χ2n) is 5.27. The topological polar surface area (TPSA) is 99.9 Å². The number of rotatable bonds is 4. The van der Waals surface area contributed by atoms with Crippen molar-refractivity contribution >= 4 is 11.8 Å². The number of allylic oxidation sites excluding steroid dienone is 1. The molecule has 26 heavy (non-hydrogen) atoms. The van der Waals surface area contributed by atoms with Gasteiger partial charge >= 0.3 is 12.1 Å². The van der Waals surface area contributed by atoms with Crippen LogP contribution in [0, 0.1) is 0 Å². The van der Waals surface area contributed by atoms with Gasteiger partial charge in [0, 0.05) is 17.3 Å². The SMILES string of the molecule is CCOC(=O)C1=C(C(F)(F)F)N=C(N)/C(=C\N)C1c1ccccc1OC. The summed E-state index contributed by atoms with van der Waals surface area (Å²) in [6.45, 7) is 1.39. The summed E-state index contributed by atoms with van der Waals surface area (Å²) in [5.74, 6) is -2.53. The van der Waals surface area contributed by atoms with Crippen LogP contribution in [0.5, 0.6) is 5.75 Å². The predicted octanol–water partition coefficient (Wildman–Crippen LogP) is 2.37. The first kappa shape index (κ1) is 19.4. The van der Waals surface area contributed by atoms with Crippen molar-refractivity contribution in [1.29, 1.82) is 0 Å². The van der Waals surface area contributed by atoms with Crippen LogP contribution in [0.1, 0.15) is 18.4 Å². The number of hydrogen-bond donors (Lipinski definition) is 2. The highest BCUT2D eigenvalue weighted by atomic mass is 19.4. The fraction of sp³-hybridized carbons (Fsp3) is 0.294. The van der Waals surface area contributed by atoms with Crippen molar-refractivity contribution in [1.82, 2.24) is 0 Å². The standard InChI is InChI=1S/C17H18F3N3O3/c1-3-26-16(24)13-12(9-6-4-5-7-11(9)25-2)10(8-21)15(22)23-14(13)17(18,19)20/h4-8,12H,3,21H2,1-2H3,(H2,22,23)/b10-8-. The van der Waals surface area contributed by atoms with Crippen LogP contribution < -0.4 is 16.2 Å². The van der Waals surface area contributed by atoms with Crippen LogP contribution in [-0.2, 0) is 9.53 Å². The number of carbonyl (C=O) groups is 1. The highest BCUT2D eigenvalue weighted by Gasteiger charge is 2.46. The highest BCUT2D eigenvalue weighted by molar-refractivity contribution is 6.06. The molecule has 1 atom stereocenters. The number of ether oxygens (including phenoxy) is 2. The van der Waals surface area contributed by atoms with Gasteiger partial charge in [-0.3, -0.25) is 0 Å². The van der Waals surface area contributed by atoms with E-state index in [4.69, 9.17) is 20.9 Å². The number of carbonyl (C=O) groups excluding carboxylic acids is 1. The predicted molar refractivity (Wildman–Crippen MR) is 89.3 cm³/mol. The number of para-hydroxylation sites is 1. The largest absolute Gasteiger partial charge is 0.496 e. The first-order valence-electron chi connectivity index (χ1n) is 7.63. The van der Waals surface area contributed by atoms with Crippen LogP contribution in [-0.4, -0.2) is 31.7 Å². The highest BCUT2D eigenvalue weighted by Crippen LogP contribution is 2.45. The maximum absolute atomic E-state index is 13.6. The molecule has 4 N–H and O–H groups in total. The van der Waals surface area contributed by atoms with Crippen LogP contribution in [0.15, 0.2) is 52.3 Å². The van der Waals surface area contributed by atoms with Gasteiger partial charge in [-0.2, -0.15) is 13.2 Å². The lowest BCUT2D eigenvalue weighted by molar-refractivity contribution is -0.140. The summed E-state index contributed by atoms with van der Waals surface area (Å²) in [6.07, 6.45) is -3.88. The first-order chi connectivity index (χ1) is 12.3. The van der Waals surface area contributed by atoms with Crippen LogP contribution in [0.4, 0.5) is 13.2 Å². The van der Waals surface area contributed by atoms with Gasteiger partial charge in [-0.15, -0.1) is 0 Å². The van der Waals surface area contributed by atoms with E-state index in [1.54, 1.807) is 18.2 Å². The number of hydrogen-bond acceptors (Lipinski definition) is 6. The number of alkyl halides is 3. The van der Waals surface area contributed by atoms with E-state index in [2.05, 4.69) is 4.99 Å². The molecule has 1 heterocycles. The maximum Gasteiger partial charge on any atom is 0.434 e. The van der Waals surface area contributed by atoms with Crippen LogP contribution in [0.2, 0.25) is 0 Å². The zero-order valence-electron chi connectivity index (χ0n) is 14.1. The van der Waals surface area contributed by atoms with E-state index in [0.717, 1.165) is 6.20 Å². The summed E-state index contributed by atoms with van der Waals surface area (Å²) in [5, 5.41) is 0. The zero-order valence-corrected chi connectivity index (χ0v) is 14.1. The van der Waals surface area contributed by atoms with E-state index in [1.165, 1.54) is 20.1 Å². The second-order valence-corrected chi connectivity index (χ2v) is 5.27. The van der Waals surface area contributed by atoms with E-state index in [-0.39, 0.29) is 23.5 Å². The van der Waals surface area contributed by atoms with Gasteiger partial charge in [0.25, 0.3) is 0 Å². The summed E-state index contributed by atoms with van der Waals surface area (Å²) in [6, 6.07) is 6.33. The Hall–Kier alpha value is -2.97.